The van der Waals surface area contributed by atoms with Gasteiger partial charge in [-0.25, -0.2) is 0 Å². The lowest BCUT2D eigenvalue weighted by molar-refractivity contribution is -0.199. The molecular formula is C7H11F3N2O. The zero-order valence-corrected chi connectivity index (χ0v) is 7.11. The minimum absolute atomic E-state index is 0.0375. The Kier molecular flexibility index (Phi) is 2.27. The van der Waals surface area contributed by atoms with Gasteiger partial charge in [0.05, 0.1) is 5.92 Å². The van der Waals surface area contributed by atoms with Crippen molar-refractivity contribution in [2.45, 2.75) is 25.1 Å². The Balaban J connectivity index is 2.91. The lowest BCUT2D eigenvalue weighted by Gasteiger charge is -2.37. The van der Waals surface area contributed by atoms with Crippen LogP contribution < -0.4 is 11.1 Å². The molecule has 1 saturated heterocycles. The van der Waals surface area contributed by atoms with Gasteiger partial charge in [0.25, 0.3) is 0 Å². The molecule has 0 bridgehead atoms. The van der Waals surface area contributed by atoms with E-state index in [1.165, 1.54) is 0 Å². The first kappa shape index (κ1) is 10.3. The number of nitrogens with two attached hydrogens (primary N) is 1. The highest BCUT2D eigenvalue weighted by atomic mass is 19.4. The molecule has 0 spiro atoms. The number of nitrogens with one attached hydrogen (secondary N) is 1. The van der Waals surface area contributed by atoms with Gasteiger partial charge in [-0.3, -0.25) is 4.79 Å². The van der Waals surface area contributed by atoms with E-state index in [4.69, 9.17) is 5.73 Å². The maximum atomic E-state index is 12.4. The molecule has 1 aliphatic heterocycles. The smallest absolute Gasteiger partial charge is 0.354 e. The molecule has 0 radical (unpaired) electrons. The van der Waals surface area contributed by atoms with E-state index < -0.39 is 23.5 Å². The van der Waals surface area contributed by atoms with Crippen molar-refractivity contribution in [3.05, 3.63) is 0 Å². The molecule has 6 heteroatoms. The van der Waals surface area contributed by atoms with Gasteiger partial charge < -0.3 is 11.1 Å². The molecule has 0 aromatic carbocycles. The van der Waals surface area contributed by atoms with Gasteiger partial charge in [0.15, 0.2) is 0 Å². The molecule has 1 rings (SSSR count). The number of hydrogen-bond donors (Lipinski definition) is 2. The van der Waals surface area contributed by atoms with Crippen molar-refractivity contribution in [3.8, 4) is 0 Å². The summed E-state index contributed by atoms with van der Waals surface area (Å²) in [6.07, 6.45) is -4.55. The van der Waals surface area contributed by atoms with E-state index >= 15 is 0 Å². The second-order valence-corrected chi connectivity index (χ2v) is 3.42. The molecule has 1 heterocycles. The molecule has 76 valence electrons. The average Bonchev–Trinajstić information content (AvgIpc) is 1.92. The van der Waals surface area contributed by atoms with E-state index in [2.05, 4.69) is 5.32 Å². The summed E-state index contributed by atoms with van der Waals surface area (Å²) in [5, 5.41) is 2.31. The van der Waals surface area contributed by atoms with Gasteiger partial charge in [-0.2, -0.15) is 13.2 Å². The molecule has 1 fully saturated rings. The lowest BCUT2D eigenvalue weighted by Crippen LogP contribution is -2.64. The number of alkyl halides is 3. The van der Waals surface area contributed by atoms with Crippen LogP contribution in [0, 0.1) is 5.92 Å². The summed E-state index contributed by atoms with van der Waals surface area (Å²) < 4.78 is 37.1. The highest BCUT2D eigenvalue weighted by Gasteiger charge is 2.54. The van der Waals surface area contributed by atoms with Crippen LogP contribution in [0.2, 0.25) is 0 Å². The summed E-state index contributed by atoms with van der Waals surface area (Å²) in [4.78, 5) is 11.0. The zero-order valence-electron chi connectivity index (χ0n) is 7.11. The summed E-state index contributed by atoms with van der Waals surface area (Å²) >= 11 is 0. The van der Waals surface area contributed by atoms with Crippen molar-refractivity contribution < 1.29 is 18.0 Å². The molecular weight excluding hydrogens is 185 g/mol. The second kappa shape index (κ2) is 2.87. The normalized spacial score (nSPS) is 35.8. The van der Waals surface area contributed by atoms with Crippen LogP contribution >= 0.6 is 0 Å². The van der Waals surface area contributed by atoms with Crippen LogP contribution in [0.15, 0.2) is 0 Å². The third-order valence-corrected chi connectivity index (χ3v) is 2.33. The van der Waals surface area contributed by atoms with Gasteiger partial charge in [-0.1, -0.05) is 0 Å². The topological polar surface area (TPSA) is 55.1 Å². The fraction of sp³-hybridized carbons (Fsp3) is 0.857. The molecule has 1 amide bonds. The van der Waals surface area contributed by atoms with Gasteiger partial charge in [0.1, 0.15) is 5.54 Å². The van der Waals surface area contributed by atoms with Crippen LogP contribution in [0.4, 0.5) is 13.2 Å². The van der Waals surface area contributed by atoms with E-state index in [0.717, 1.165) is 6.92 Å². The zero-order chi connectivity index (χ0) is 10.3. The minimum atomic E-state index is -4.40. The average molecular weight is 196 g/mol. The van der Waals surface area contributed by atoms with E-state index in [-0.39, 0.29) is 13.0 Å². The van der Waals surface area contributed by atoms with Crippen LogP contribution in [-0.4, -0.2) is 24.2 Å². The van der Waals surface area contributed by atoms with E-state index in [1.54, 1.807) is 0 Å². The SMILES string of the molecule is CC1(N)C(=O)NCCC1C(F)(F)F. The summed E-state index contributed by atoms with van der Waals surface area (Å²) in [7, 11) is 0. The number of halogens is 3. The van der Waals surface area contributed by atoms with Gasteiger partial charge in [0, 0.05) is 6.54 Å². The Labute approximate surface area is 73.5 Å². The number of hydrogen-bond acceptors (Lipinski definition) is 2. The van der Waals surface area contributed by atoms with Crippen molar-refractivity contribution in [2.24, 2.45) is 11.7 Å². The highest BCUT2D eigenvalue weighted by molar-refractivity contribution is 5.86. The van der Waals surface area contributed by atoms with Gasteiger partial charge in [0.2, 0.25) is 5.91 Å². The molecule has 13 heavy (non-hydrogen) atoms. The van der Waals surface area contributed by atoms with Crippen LogP contribution in [0.1, 0.15) is 13.3 Å². The molecule has 0 aliphatic carbocycles. The summed E-state index contributed by atoms with van der Waals surface area (Å²) in [6, 6.07) is 0. The molecule has 2 atom stereocenters. The van der Waals surface area contributed by atoms with E-state index in [0.29, 0.717) is 0 Å². The minimum Gasteiger partial charge on any atom is -0.354 e. The molecule has 1 aliphatic rings. The Morgan fingerprint density at radius 3 is 2.54 bits per heavy atom. The molecule has 3 N–H and O–H groups in total. The second-order valence-electron chi connectivity index (χ2n) is 3.42. The van der Waals surface area contributed by atoms with Crippen molar-refractivity contribution in [1.29, 1.82) is 0 Å². The number of rotatable bonds is 0. The largest absolute Gasteiger partial charge is 0.394 e. The molecule has 0 aromatic rings. The predicted octanol–water partition coefficient (Wildman–Crippen LogP) is 0.402. The third kappa shape index (κ3) is 1.77. The standard InChI is InChI=1S/C7H11F3N2O/c1-6(11)4(7(8,9)10)2-3-12-5(6)13/h4H,2-3,11H2,1H3,(H,12,13). The first-order valence-corrected chi connectivity index (χ1v) is 3.90. The fourth-order valence-corrected chi connectivity index (χ4v) is 1.48. The molecule has 3 nitrogen and oxygen atoms in total. The number of carbonyl (C=O) groups is 1. The number of piperidine rings is 1. The van der Waals surface area contributed by atoms with Crippen molar-refractivity contribution in [2.75, 3.05) is 6.54 Å². The van der Waals surface area contributed by atoms with Crippen LogP contribution in [0.5, 0.6) is 0 Å². The lowest BCUT2D eigenvalue weighted by atomic mass is 9.80. The maximum absolute atomic E-state index is 12.4. The first-order valence-electron chi connectivity index (χ1n) is 3.90. The summed E-state index contributed by atoms with van der Waals surface area (Å²) in [5.74, 6) is -2.48. The Hall–Kier alpha value is -0.780. The van der Waals surface area contributed by atoms with E-state index in [1.807, 2.05) is 0 Å². The van der Waals surface area contributed by atoms with E-state index in [9.17, 15) is 18.0 Å². The fourth-order valence-electron chi connectivity index (χ4n) is 1.48. The summed E-state index contributed by atoms with van der Waals surface area (Å²) in [6.45, 7) is 1.15. The number of carbonyl (C=O) groups excluding carboxylic acids is 1. The highest BCUT2D eigenvalue weighted by Crippen LogP contribution is 2.37. The number of amides is 1. The Bertz CT molecular complexity index is 224. The maximum Gasteiger partial charge on any atom is 0.394 e. The molecule has 0 aromatic heterocycles. The van der Waals surface area contributed by atoms with Gasteiger partial charge in [-0.05, 0) is 13.3 Å². The van der Waals surface area contributed by atoms with Crippen LogP contribution in [-0.2, 0) is 4.79 Å². The first-order chi connectivity index (χ1) is 5.76. The van der Waals surface area contributed by atoms with Crippen molar-refractivity contribution in [1.82, 2.24) is 5.32 Å². The monoisotopic (exact) mass is 196 g/mol. The summed E-state index contributed by atoms with van der Waals surface area (Å²) in [5.41, 5.74) is 3.48. The van der Waals surface area contributed by atoms with Gasteiger partial charge >= 0.3 is 6.18 Å². The van der Waals surface area contributed by atoms with Crippen LogP contribution in [0.3, 0.4) is 0 Å². The third-order valence-electron chi connectivity index (χ3n) is 2.33. The predicted molar refractivity (Wildman–Crippen MR) is 39.8 cm³/mol. The quantitative estimate of drug-likeness (QED) is 0.589. The Morgan fingerprint density at radius 1 is 1.62 bits per heavy atom. The molecule has 0 saturated carbocycles. The molecule has 2 unspecified atom stereocenters. The van der Waals surface area contributed by atoms with Crippen molar-refractivity contribution in [3.63, 3.8) is 0 Å². The van der Waals surface area contributed by atoms with Crippen molar-refractivity contribution >= 4 is 5.91 Å². The van der Waals surface area contributed by atoms with Crippen LogP contribution in [0.25, 0.3) is 0 Å². The van der Waals surface area contributed by atoms with Gasteiger partial charge in [-0.15, -0.1) is 0 Å². The Morgan fingerprint density at radius 2 is 2.15 bits per heavy atom.